The molecule has 0 saturated carbocycles. The predicted octanol–water partition coefficient (Wildman–Crippen LogP) is 2.36. The van der Waals surface area contributed by atoms with Crippen molar-refractivity contribution in [3.63, 3.8) is 0 Å². The minimum absolute atomic E-state index is 0.0623. The summed E-state index contributed by atoms with van der Waals surface area (Å²) in [7, 11) is 0. The Morgan fingerprint density at radius 1 is 1.24 bits per heavy atom. The van der Waals surface area contributed by atoms with Gasteiger partial charge in [-0.2, -0.15) is 0 Å². The van der Waals surface area contributed by atoms with Crippen molar-refractivity contribution in [2.75, 3.05) is 6.54 Å². The number of nitrogens with one attached hydrogen (secondary N) is 1. The molecule has 1 heterocycles. The van der Waals surface area contributed by atoms with Crippen LogP contribution in [0.2, 0.25) is 0 Å². The molecule has 1 aromatic rings. The van der Waals surface area contributed by atoms with Crippen LogP contribution in [-0.4, -0.2) is 40.4 Å². The number of carbonyl (C=O) groups is 3. The van der Waals surface area contributed by atoms with Gasteiger partial charge in [-0.3, -0.25) is 14.4 Å². The lowest BCUT2D eigenvalue weighted by Crippen LogP contribution is -2.45. The van der Waals surface area contributed by atoms with Crippen LogP contribution in [0.1, 0.15) is 51.1 Å². The third-order valence-corrected chi connectivity index (χ3v) is 4.35. The third kappa shape index (κ3) is 5.31. The van der Waals surface area contributed by atoms with E-state index in [4.69, 9.17) is 5.11 Å². The highest BCUT2D eigenvalue weighted by Crippen LogP contribution is 2.25. The van der Waals surface area contributed by atoms with Crippen LogP contribution in [0, 0.1) is 5.92 Å². The molecule has 2 unspecified atom stereocenters. The summed E-state index contributed by atoms with van der Waals surface area (Å²) >= 11 is 0. The van der Waals surface area contributed by atoms with E-state index in [1.807, 2.05) is 32.0 Å². The Bertz CT molecular complexity index is 615. The first kappa shape index (κ1) is 19.0. The number of carboxylic acid groups (broad SMARTS) is 1. The molecule has 0 spiro atoms. The van der Waals surface area contributed by atoms with Crippen LogP contribution < -0.4 is 5.32 Å². The van der Waals surface area contributed by atoms with E-state index in [2.05, 4.69) is 5.32 Å². The van der Waals surface area contributed by atoms with Gasteiger partial charge in [0.25, 0.3) is 0 Å². The van der Waals surface area contributed by atoms with E-state index in [-0.39, 0.29) is 30.2 Å². The van der Waals surface area contributed by atoms with E-state index < -0.39 is 12.0 Å². The lowest BCUT2D eigenvalue weighted by atomic mass is 10.0. The third-order valence-electron chi connectivity index (χ3n) is 4.35. The second kappa shape index (κ2) is 8.65. The van der Waals surface area contributed by atoms with Crippen molar-refractivity contribution in [2.45, 2.75) is 51.6 Å². The summed E-state index contributed by atoms with van der Waals surface area (Å²) in [6, 6.07) is 8.02. The molecule has 25 heavy (non-hydrogen) atoms. The highest BCUT2D eigenvalue weighted by atomic mass is 16.4. The molecule has 136 valence electrons. The normalized spacial score (nSPS) is 18.2. The summed E-state index contributed by atoms with van der Waals surface area (Å²) in [5.74, 6) is -1.12. The van der Waals surface area contributed by atoms with Crippen LogP contribution >= 0.6 is 0 Å². The molecule has 0 bridgehead atoms. The van der Waals surface area contributed by atoms with Crippen LogP contribution in [-0.2, 0) is 14.4 Å². The summed E-state index contributed by atoms with van der Waals surface area (Å²) in [6.07, 6.45) is 1.74. The van der Waals surface area contributed by atoms with Crippen LogP contribution in [0.25, 0.3) is 0 Å². The van der Waals surface area contributed by atoms with Gasteiger partial charge in [-0.25, -0.2) is 0 Å². The first-order chi connectivity index (χ1) is 11.9. The van der Waals surface area contributed by atoms with E-state index in [9.17, 15) is 14.4 Å². The Labute approximate surface area is 148 Å². The van der Waals surface area contributed by atoms with Crippen molar-refractivity contribution < 1.29 is 19.5 Å². The van der Waals surface area contributed by atoms with Crippen molar-refractivity contribution in [1.82, 2.24) is 10.2 Å². The van der Waals surface area contributed by atoms with Crippen molar-refractivity contribution in [3.8, 4) is 0 Å². The van der Waals surface area contributed by atoms with Gasteiger partial charge in [-0.15, -0.1) is 0 Å². The monoisotopic (exact) mass is 346 g/mol. The highest BCUT2D eigenvalue weighted by Gasteiger charge is 2.35. The summed E-state index contributed by atoms with van der Waals surface area (Å²) < 4.78 is 0. The van der Waals surface area contributed by atoms with Gasteiger partial charge in [-0.1, -0.05) is 44.2 Å². The average molecular weight is 346 g/mol. The fourth-order valence-electron chi connectivity index (χ4n) is 3.23. The lowest BCUT2D eigenvalue weighted by Gasteiger charge is -2.29. The number of benzene rings is 1. The number of carboxylic acids is 1. The topological polar surface area (TPSA) is 86.7 Å². The fourth-order valence-corrected chi connectivity index (χ4v) is 3.23. The number of rotatable bonds is 7. The van der Waals surface area contributed by atoms with Crippen LogP contribution in [0.15, 0.2) is 30.3 Å². The number of likely N-dealkylation sites (tertiary alicyclic amines) is 1. The molecule has 1 aliphatic heterocycles. The minimum atomic E-state index is -0.912. The molecular formula is C19H26N2O4. The molecule has 2 rings (SSSR count). The second-order valence-corrected chi connectivity index (χ2v) is 6.93. The SMILES string of the molecule is CC(C)CC(=O)NC(C(=O)N1CCCC1CC(=O)O)c1ccccc1. The molecule has 1 aromatic carbocycles. The summed E-state index contributed by atoms with van der Waals surface area (Å²) in [6.45, 7) is 4.42. The maximum absolute atomic E-state index is 13.1. The molecule has 2 amide bonds. The smallest absolute Gasteiger partial charge is 0.305 e. The molecular weight excluding hydrogens is 320 g/mol. The van der Waals surface area contributed by atoms with Gasteiger partial charge in [0, 0.05) is 19.0 Å². The van der Waals surface area contributed by atoms with Crippen molar-refractivity contribution in [2.24, 2.45) is 5.92 Å². The number of hydrogen-bond acceptors (Lipinski definition) is 3. The summed E-state index contributed by atoms with van der Waals surface area (Å²) in [5.41, 5.74) is 0.714. The first-order valence-electron chi connectivity index (χ1n) is 8.75. The van der Waals surface area contributed by atoms with Crippen LogP contribution in [0.3, 0.4) is 0 Å². The molecule has 0 radical (unpaired) electrons. The zero-order chi connectivity index (χ0) is 18.4. The first-order valence-corrected chi connectivity index (χ1v) is 8.75. The molecule has 1 fully saturated rings. The molecule has 2 atom stereocenters. The van der Waals surface area contributed by atoms with Crippen molar-refractivity contribution in [3.05, 3.63) is 35.9 Å². The van der Waals surface area contributed by atoms with Gasteiger partial charge in [0.1, 0.15) is 6.04 Å². The van der Waals surface area contributed by atoms with Gasteiger partial charge >= 0.3 is 5.97 Å². The van der Waals surface area contributed by atoms with E-state index in [0.29, 0.717) is 24.9 Å². The van der Waals surface area contributed by atoms with Gasteiger partial charge < -0.3 is 15.3 Å². The van der Waals surface area contributed by atoms with Gasteiger partial charge in [0.2, 0.25) is 11.8 Å². The molecule has 1 saturated heterocycles. The zero-order valence-corrected chi connectivity index (χ0v) is 14.8. The molecule has 0 aliphatic carbocycles. The average Bonchev–Trinajstić information content (AvgIpc) is 2.99. The summed E-state index contributed by atoms with van der Waals surface area (Å²) in [5, 5.41) is 11.9. The standard InChI is InChI=1S/C19H26N2O4/c1-13(2)11-16(22)20-18(14-7-4-3-5-8-14)19(25)21-10-6-9-15(21)12-17(23)24/h3-5,7-8,13,15,18H,6,9-12H2,1-2H3,(H,20,22)(H,23,24). The zero-order valence-electron chi connectivity index (χ0n) is 14.8. The van der Waals surface area contributed by atoms with E-state index in [1.54, 1.807) is 17.0 Å². The largest absolute Gasteiger partial charge is 0.481 e. The quantitative estimate of drug-likeness (QED) is 0.793. The highest BCUT2D eigenvalue weighted by molar-refractivity contribution is 5.89. The molecule has 6 nitrogen and oxygen atoms in total. The van der Waals surface area contributed by atoms with E-state index >= 15 is 0 Å². The molecule has 2 N–H and O–H groups in total. The minimum Gasteiger partial charge on any atom is -0.481 e. The Kier molecular flexibility index (Phi) is 6.56. The molecule has 1 aliphatic rings. The number of amides is 2. The Hall–Kier alpha value is -2.37. The fraction of sp³-hybridized carbons (Fsp3) is 0.526. The lowest BCUT2D eigenvalue weighted by molar-refractivity contribution is -0.141. The Morgan fingerprint density at radius 2 is 1.92 bits per heavy atom. The van der Waals surface area contributed by atoms with Gasteiger partial charge in [0.15, 0.2) is 0 Å². The molecule has 6 heteroatoms. The van der Waals surface area contributed by atoms with Gasteiger partial charge in [-0.05, 0) is 24.3 Å². The number of hydrogen-bond donors (Lipinski definition) is 2. The van der Waals surface area contributed by atoms with E-state index in [1.165, 1.54) is 0 Å². The summed E-state index contributed by atoms with van der Waals surface area (Å²) in [4.78, 5) is 38.0. The Morgan fingerprint density at radius 3 is 2.52 bits per heavy atom. The maximum atomic E-state index is 13.1. The van der Waals surface area contributed by atoms with Crippen LogP contribution in [0.5, 0.6) is 0 Å². The molecule has 0 aromatic heterocycles. The number of nitrogens with zero attached hydrogens (tertiary/aromatic N) is 1. The van der Waals surface area contributed by atoms with Crippen molar-refractivity contribution in [1.29, 1.82) is 0 Å². The second-order valence-electron chi connectivity index (χ2n) is 6.93. The number of carbonyl (C=O) groups excluding carboxylic acids is 2. The Balaban J connectivity index is 2.20. The maximum Gasteiger partial charge on any atom is 0.305 e. The van der Waals surface area contributed by atoms with Crippen LogP contribution in [0.4, 0.5) is 0 Å². The number of aliphatic carboxylic acids is 1. The van der Waals surface area contributed by atoms with Crippen molar-refractivity contribution >= 4 is 17.8 Å². The van der Waals surface area contributed by atoms with Gasteiger partial charge in [0.05, 0.1) is 6.42 Å². The van der Waals surface area contributed by atoms with E-state index in [0.717, 1.165) is 6.42 Å². The predicted molar refractivity (Wildman–Crippen MR) is 93.8 cm³/mol.